The van der Waals surface area contributed by atoms with Crippen LogP contribution < -0.4 is 5.73 Å². The molecule has 2 aliphatic rings. The lowest BCUT2D eigenvalue weighted by Gasteiger charge is -2.23. The van der Waals surface area contributed by atoms with E-state index in [9.17, 15) is 14.9 Å². The van der Waals surface area contributed by atoms with Crippen molar-refractivity contribution in [2.75, 3.05) is 18.8 Å². The highest BCUT2D eigenvalue weighted by molar-refractivity contribution is 6.01. The van der Waals surface area contributed by atoms with Gasteiger partial charge in [-0.25, -0.2) is 0 Å². The SMILES string of the molecule is Nc1c(C(=O)N(CC2CC2)CC2CC2)cccc1[N+](=O)[O-]. The smallest absolute Gasteiger partial charge is 0.292 e. The van der Waals surface area contributed by atoms with Gasteiger partial charge in [0.1, 0.15) is 5.69 Å². The molecular formula is C15H19N3O3. The summed E-state index contributed by atoms with van der Waals surface area (Å²) in [4.78, 5) is 24.9. The second kappa shape index (κ2) is 5.35. The van der Waals surface area contributed by atoms with Crippen LogP contribution in [0.4, 0.5) is 11.4 Å². The van der Waals surface area contributed by atoms with Crippen molar-refractivity contribution in [1.29, 1.82) is 0 Å². The molecule has 0 unspecified atom stereocenters. The molecule has 0 saturated heterocycles. The highest BCUT2D eigenvalue weighted by Gasteiger charge is 2.33. The van der Waals surface area contributed by atoms with Gasteiger partial charge in [-0.3, -0.25) is 14.9 Å². The maximum absolute atomic E-state index is 12.7. The van der Waals surface area contributed by atoms with E-state index in [0.29, 0.717) is 11.8 Å². The second-order valence-corrected chi connectivity index (χ2v) is 6.09. The molecule has 2 N–H and O–H groups in total. The van der Waals surface area contributed by atoms with Gasteiger partial charge in [-0.1, -0.05) is 6.07 Å². The number of carbonyl (C=O) groups is 1. The van der Waals surface area contributed by atoms with E-state index in [1.807, 2.05) is 4.90 Å². The highest BCUT2D eigenvalue weighted by atomic mass is 16.6. The first-order chi connectivity index (χ1) is 10.1. The van der Waals surface area contributed by atoms with Gasteiger partial charge in [-0.15, -0.1) is 0 Å². The zero-order chi connectivity index (χ0) is 15.0. The number of carbonyl (C=O) groups excluding carboxylic acids is 1. The van der Waals surface area contributed by atoms with E-state index >= 15 is 0 Å². The van der Waals surface area contributed by atoms with Crippen LogP contribution in [0.25, 0.3) is 0 Å². The molecule has 1 aromatic rings. The summed E-state index contributed by atoms with van der Waals surface area (Å²) in [6.45, 7) is 1.49. The number of para-hydroxylation sites is 1. The van der Waals surface area contributed by atoms with E-state index in [-0.39, 0.29) is 22.8 Å². The second-order valence-electron chi connectivity index (χ2n) is 6.09. The lowest BCUT2D eigenvalue weighted by molar-refractivity contribution is -0.383. The Kier molecular flexibility index (Phi) is 3.53. The molecule has 2 fully saturated rings. The van der Waals surface area contributed by atoms with E-state index in [1.54, 1.807) is 6.07 Å². The summed E-state index contributed by atoms with van der Waals surface area (Å²) in [5.41, 5.74) is 5.86. The highest BCUT2D eigenvalue weighted by Crippen LogP contribution is 2.35. The Morgan fingerprint density at radius 1 is 1.24 bits per heavy atom. The van der Waals surface area contributed by atoms with Crippen LogP contribution in [0.3, 0.4) is 0 Å². The maximum atomic E-state index is 12.7. The number of nitrogen functional groups attached to an aromatic ring is 1. The Hall–Kier alpha value is -2.11. The molecule has 6 nitrogen and oxygen atoms in total. The van der Waals surface area contributed by atoms with Crippen molar-refractivity contribution in [3.05, 3.63) is 33.9 Å². The van der Waals surface area contributed by atoms with E-state index in [2.05, 4.69) is 0 Å². The van der Waals surface area contributed by atoms with Gasteiger partial charge < -0.3 is 10.6 Å². The first kappa shape index (κ1) is 13.9. The molecule has 0 heterocycles. The molecule has 112 valence electrons. The maximum Gasteiger partial charge on any atom is 0.292 e. The zero-order valence-corrected chi connectivity index (χ0v) is 11.8. The summed E-state index contributed by atoms with van der Waals surface area (Å²) in [6.07, 6.45) is 4.66. The van der Waals surface area contributed by atoms with Crippen LogP contribution in [-0.4, -0.2) is 28.8 Å². The van der Waals surface area contributed by atoms with Crippen LogP contribution in [0, 0.1) is 22.0 Å². The molecule has 3 rings (SSSR count). The predicted molar refractivity (Wildman–Crippen MR) is 78.9 cm³/mol. The quantitative estimate of drug-likeness (QED) is 0.495. The molecule has 21 heavy (non-hydrogen) atoms. The molecule has 6 heteroatoms. The molecule has 0 aliphatic heterocycles. The molecule has 0 atom stereocenters. The normalized spacial score (nSPS) is 17.5. The van der Waals surface area contributed by atoms with Crippen molar-refractivity contribution in [1.82, 2.24) is 4.90 Å². The van der Waals surface area contributed by atoms with Crippen molar-refractivity contribution in [2.45, 2.75) is 25.7 Å². The molecule has 2 saturated carbocycles. The van der Waals surface area contributed by atoms with Crippen LogP contribution in [0.5, 0.6) is 0 Å². The minimum Gasteiger partial charge on any atom is -0.393 e. The minimum atomic E-state index is -0.543. The lowest BCUT2D eigenvalue weighted by Crippen LogP contribution is -2.35. The van der Waals surface area contributed by atoms with Crippen molar-refractivity contribution in [3.63, 3.8) is 0 Å². The molecule has 2 aliphatic carbocycles. The Bertz CT molecular complexity index is 566. The topological polar surface area (TPSA) is 89.5 Å². The third-order valence-corrected chi connectivity index (χ3v) is 4.15. The summed E-state index contributed by atoms with van der Waals surface area (Å²) in [6, 6.07) is 4.43. The summed E-state index contributed by atoms with van der Waals surface area (Å²) in [5.74, 6) is 1.01. The molecular weight excluding hydrogens is 270 g/mol. The van der Waals surface area contributed by atoms with Crippen LogP contribution in [-0.2, 0) is 0 Å². The van der Waals surface area contributed by atoms with Crippen LogP contribution in [0.1, 0.15) is 36.0 Å². The number of rotatable bonds is 6. The van der Waals surface area contributed by atoms with Crippen molar-refractivity contribution >= 4 is 17.3 Å². The molecule has 0 radical (unpaired) electrons. The van der Waals surface area contributed by atoms with Gasteiger partial charge >= 0.3 is 0 Å². The number of anilines is 1. The molecule has 1 aromatic carbocycles. The van der Waals surface area contributed by atoms with Crippen molar-refractivity contribution in [2.24, 2.45) is 11.8 Å². The third-order valence-electron chi connectivity index (χ3n) is 4.15. The fraction of sp³-hybridized carbons (Fsp3) is 0.533. The average molecular weight is 289 g/mol. The fourth-order valence-electron chi connectivity index (χ4n) is 2.53. The van der Waals surface area contributed by atoms with E-state index in [1.165, 1.54) is 37.8 Å². The monoisotopic (exact) mass is 289 g/mol. The largest absolute Gasteiger partial charge is 0.393 e. The fourth-order valence-corrected chi connectivity index (χ4v) is 2.53. The first-order valence-electron chi connectivity index (χ1n) is 7.38. The van der Waals surface area contributed by atoms with Crippen LogP contribution >= 0.6 is 0 Å². The van der Waals surface area contributed by atoms with Gasteiger partial charge in [-0.2, -0.15) is 0 Å². The Morgan fingerprint density at radius 3 is 2.29 bits per heavy atom. The number of amides is 1. The van der Waals surface area contributed by atoms with E-state index in [0.717, 1.165) is 13.1 Å². The molecule has 1 amide bonds. The van der Waals surface area contributed by atoms with Crippen LogP contribution in [0.2, 0.25) is 0 Å². The number of nitrogens with zero attached hydrogens (tertiary/aromatic N) is 2. The average Bonchev–Trinajstić information content (AvgIpc) is 3.32. The predicted octanol–water partition coefficient (Wildman–Crippen LogP) is 2.44. The third kappa shape index (κ3) is 3.15. The van der Waals surface area contributed by atoms with E-state index < -0.39 is 4.92 Å². The number of benzene rings is 1. The van der Waals surface area contributed by atoms with Crippen LogP contribution in [0.15, 0.2) is 18.2 Å². The van der Waals surface area contributed by atoms with Gasteiger partial charge in [0.15, 0.2) is 0 Å². The molecule has 0 spiro atoms. The summed E-state index contributed by atoms with van der Waals surface area (Å²) in [7, 11) is 0. The molecule has 0 bridgehead atoms. The van der Waals surface area contributed by atoms with Gasteiger partial charge in [0, 0.05) is 19.2 Å². The number of nitro benzene ring substituents is 1. The van der Waals surface area contributed by atoms with Crippen molar-refractivity contribution < 1.29 is 9.72 Å². The Labute approximate surface area is 123 Å². The van der Waals surface area contributed by atoms with Gasteiger partial charge in [-0.05, 0) is 43.6 Å². The van der Waals surface area contributed by atoms with Gasteiger partial charge in [0.05, 0.1) is 10.5 Å². The van der Waals surface area contributed by atoms with Gasteiger partial charge in [0.2, 0.25) is 0 Å². The standard InChI is InChI=1S/C15H19N3O3/c16-14-12(2-1-3-13(14)18(20)21)15(19)17(8-10-4-5-10)9-11-6-7-11/h1-3,10-11H,4-9,16H2. The zero-order valence-electron chi connectivity index (χ0n) is 11.8. The number of nitro groups is 1. The first-order valence-corrected chi connectivity index (χ1v) is 7.38. The minimum absolute atomic E-state index is 0.0240. The number of hydrogen-bond acceptors (Lipinski definition) is 4. The van der Waals surface area contributed by atoms with Crippen molar-refractivity contribution in [3.8, 4) is 0 Å². The Morgan fingerprint density at radius 2 is 1.81 bits per heavy atom. The lowest BCUT2D eigenvalue weighted by atomic mass is 10.1. The van der Waals surface area contributed by atoms with E-state index in [4.69, 9.17) is 5.73 Å². The Balaban J connectivity index is 1.83. The number of hydrogen-bond donors (Lipinski definition) is 1. The summed E-state index contributed by atoms with van der Waals surface area (Å²) >= 11 is 0. The van der Waals surface area contributed by atoms with Gasteiger partial charge in [0.25, 0.3) is 11.6 Å². The summed E-state index contributed by atoms with van der Waals surface area (Å²) < 4.78 is 0. The summed E-state index contributed by atoms with van der Waals surface area (Å²) in [5, 5.41) is 10.9. The molecule has 0 aromatic heterocycles. The number of nitrogens with two attached hydrogens (primary N) is 1.